The number of unbranched alkanes of at least 4 members (excludes halogenated alkanes) is 2. The van der Waals surface area contributed by atoms with Crippen molar-refractivity contribution in [3.05, 3.63) is 102 Å². The first kappa shape index (κ1) is 52.9. The first-order valence-corrected chi connectivity index (χ1v) is 24.1. The molecule has 15 heteroatoms. The molecule has 368 valence electrons. The van der Waals surface area contributed by atoms with Gasteiger partial charge in [0.25, 0.3) is 0 Å². The van der Waals surface area contributed by atoms with Gasteiger partial charge in [-0.1, -0.05) is 68.5 Å². The van der Waals surface area contributed by atoms with Crippen molar-refractivity contribution in [2.45, 2.75) is 78.1 Å². The summed E-state index contributed by atoms with van der Waals surface area (Å²) in [6.07, 6.45) is 15.8. The number of carbonyl (C=O) groups is 3. The molecule has 3 aromatic rings. The Bertz CT molecular complexity index is 2140. The number of amides is 2. The summed E-state index contributed by atoms with van der Waals surface area (Å²) in [5, 5.41) is 15.3. The van der Waals surface area contributed by atoms with Crippen LogP contribution >= 0.6 is 0 Å². The molecule has 0 radical (unpaired) electrons. The number of aliphatic imine (C=N–C) groups is 1. The van der Waals surface area contributed by atoms with Crippen LogP contribution in [0.25, 0.3) is 16.7 Å². The highest BCUT2D eigenvalue weighted by Crippen LogP contribution is 2.32. The summed E-state index contributed by atoms with van der Waals surface area (Å²) in [6, 6.07) is 19.9. The molecule has 68 heavy (non-hydrogen) atoms. The first-order valence-electron chi connectivity index (χ1n) is 24.1. The minimum atomic E-state index is -0.904. The average molecular weight is 938 g/mol. The van der Waals surface area contributed by atoms with Crippen LogP contribution in [-0.4, -0.2) is 107 Å². The highest BCUT2D eigenvalue weighted by molar-refractivity contribution is 5.94. The first-order chi connectivity index (χ1) is 33.2. The van der Waals surface area contributed by atoms with Crippen LogP contribution in [0.15, 0.2) is 95.8 Å². The zero-order valence-corrected chi connectivity index (χ0v) is 39.8. The quantitative estimate of drug-likeness (QED) is 0.0434. The fourth-order valence-corrected chi connectivity index (χ4v) is 7.45. The second-order valence-electron chi connectivity index (χ2n) is 17.0. The normalized spacial score (nSPS) is 16.4. The van der Waals surface area contributed by atoms with Crippen molar-refractivity contribution in [3.63, 3.8) is 0 Å². The number of nitrogens with zero attached hydrogens (tertiary/aromatic N) is 2. The lowest BCUT2D eigenvalue weighted by Crippen LogP contribution is -2.37. The molecule has 2 aliphatic rings. The monoisotopic (exact) mass is 938 g/mol. The Kier molecular flexibility index (Phi) is 23.6. The number of rotatable bonds is 33. The van der Waals surface area contributed by atoms with E-state index < -0.39 is 5.97 Å². The van der Waals surface area contributed by atoms with Crippen molar-refractivity contribution < 1.29 is 47.9 Å². The molecular formula is C53H71N5O10. The van der Waals surface area contributed by atoms with Crippen molar-refractivity contribution in [2.24, 2.45) is 28.5 Å². The summed E-state index contributed by atoms with van der Waals surface area (Å²) >= 11 is 0. The van der Waals surface area contributed by atoms with E-state index in [1.165, 1.54) is 0 Å². The molecule has 0 spiro atoms. The highest BCUT2D eigenvalue weighted by atomic mass is 16.5. The maximum Gasteiger partial charge on any atom is 0.303 e. The summed E-state index contributed by atoms with van der Waals surface area (Å²) < 4.78 is 35.2. The van der Waals surface area contributed by atoms with Crippen LogP contribution in [0.4, 0.5) is 0 Å². The average Bonchev–Trinajstić information content (AvgIpc) is 3.33. The molecule has 1 aliphatic heterocycles. The van der Waals surface area contributed by atoms with Crippen LogP contribution in [0.5, 0.6) is 17.4 Å². The van der Waals surface area contributed by atoms with E-state index in [0.717, 1.165) is 48.1 Å². The smallest absolute Gasteiger partial charge is 0.303 e. The number of pyridine rings is 1. The number of benzene rings is 2. The number of allylic oxidation sites excluding steroid dienone is 5. The van der Waals surface area contributed by atoms with Gasteiger partial charge in [-0.2, -0.15) is 0 Å². The molecule has 3 unspecified atom stereocenters. The predicted octanol–water partition coefficient (Wildman–Crippen LogP) is 7.73. The number of ether oxygens (including phenoxy) is 6. The number of carbonyl (C=O) groups excluding carboxylic acids is 2. The fourth-order valence-electron chi connectivity index (χ4n) is 7.45. The van der Waals surface area contributed by atoms with Crippen molar-refractivity contribution >= 4 is 29.6 Å². The van der Waals surface area contributed by atoms with E-state index in [-0.39, 0.29) is 36.5 Å². The number of hydrogen-bond donors (Lipinski definition) is 4. The summed E-state index contributed by atoms with van der Waals surface area (Å²) in [4.78, 5) is 45.2. The topological polar surface area (TPSA) is 202 Å². The van der Waals surface area contributed by atoms with E-state index in [9.17, 15) is 19.5 Å². The Morgan fingerprint density at radius 1 is 0.721 bits per heavy atom. The van der Waals surface area contributed by atoms with Crippen LogP contribution in [0.1, 0.15) is 82.9 Å². The van der Waals surface area contributed by atoms with E-state index in [4.69, 9.17) is 39.1 Å². The van der Waals surface area contributed by atoms with Gasteiger partial charge in [0.1, 0.15) is 17.3 Å². The maximum absolute atomic E-state index is 12.5. The Balaban J connectivity index is 0.891. The number of nitrogens with one attached hydrogen (secondary N) is 2. The van der Waals surface area contributed by atoms with Crippen molar-refractivity contribution in [2.75, 3.05) is 72.6 Å². The number of aliphatic carboxylic acids is 1. The Labute approximate surface area is 401 Å². The number of aromatic nitrogens is 1. The van der Waals surface area contributed by atoms with Gasteiger partial charge < -0.3 is 49.9 Å². The number of carboxylic acid groups (broad SMARTS) is 1. The molecular weight excluding hydrogens is 867 g/mol. The van der Waals surface area contributed by atoms with Crippen LogP contribution in [0, 0.1) is 17.8 Å². The van der Waals surface area contributed by atoms with E-state index in [1.807, 2.05) is 49.4 Å². The molecule has 3 atom stereocenters. The van der Waals surface area contributed by atoms with Crippen LogP contribution in [0.2, 0.25) is 0 Å². The third-order valence-corrected chi connectivity index (χ3v) is 11.3. The van der Waals surface area contributed by atoms with E-state index in [1.54, 1.807) is 12.3 Å². The molecule has 1 aliphatic carbocycles. The number of hydrogen-bond acceptors (Lipinski definition) is 12. The van der Waals surface area contributed by atoms with Gasteiger partial charge in [-0.05, 0) is 104 Å². The highest BCUT2D eigenvalue weighted by Gasteiger charge is 2.24. The minimum absolute atomic E-state index is 0.0132. The van der Waals surface area contributed by atoms with Gasteiger partial charge in [-0.15, -0.1) is 0 Å². The van der Waals surface area contributed by atoms with E-state index >= 15 is 0 Å². The molecule has 0 saturated carbocycles. The van der Waals surface area contributed by atoms with Crippen LogP contribution < -0.4 is 30.6 Å². The number of nitrogens with two attached hydrogens (primary N) is 1. The zero-order chi connectivity index (χ0) is 48.2. The summed E-state index contributed by atoms with van der Waals surface area (Å²) in [6.45, 7) is 9.24. The van der Waals surface area contributed by atoms with Gasteiger partial charge in [-0.3, -0.25) is 14.4 Å². The molecule has 5 N–H and O–H groups in total. The lowest BCUT2D eigenvalue weighted by molar-refractivity contribution is -0.137. The fraction of sp³-hybridized carbons (Fsp3) is 0.491. The molecule has 1 aromatic heterocycles. The molecule has 5 rings (SSSR count). The SMILES string of the molecule is CC1C=CC(c2cc(-c3ccccc3)cc(OCCCCCOc3cccc(OCCCC(=O)NCCCOCCOCCOCCCNC(=O)C4C=NC(N)=CC4C)c3CCC(=O)O)n2)=CC1. The molecule has 0 bridgehead atoms. The van der Waals surface area contributed by atoms with Gasteiger partial charge >= 0.3 is 5.97 Å². The minimum Gasteiger partial charge on any atom is -0.493 e. The Morgan fingerprint density at radius 2 is 1.38 bits per heavy atom. The third-order valence-electron chi connectivity index (χ3n) is 11.3. The van der Waals surface area contributed by atoms with Gasteiger partial charge in [0, 0.05) is 57.0 Å². The standard InChI is InChI=1S/C53H71N5O10/c1-39-18-20-42(21-19-39)46-36-43(41-13-5-3-6-14-41)37-51(58-46)68-29-8-4-7-28-66-47-15-9-16-48(44(47)22-23-52(60)61)67-30-10-17-50(59)55-24-11-26-63-31-33-65-34-32-64-27-12-25-56-53(62)45-38-57-49(54)35-40(45)2/h3,5-6,9,13-16,18,20-21,35-40,45H,4,7-8,10-12,17,19,22-34,54H2,1-2H3,(H,55,59)(H,56,62)(H,60,61). The summed E-state index contributed by atoms with van der Waals surface area (Å²) in [7, 11) is 0. The van der Waals surface area contributed by atoms with Gasteiger partial charge in [-0.25, -0.2) is 9.98 Å². The van der Waals surface area contributed by atoms with Crippen molar-refractivity contribution in [3.8, 4) is 28.5 Å². The largest absolute Gasteiger partial charge is 0.493 e. The lowest BCUT2D eigenvalue weighted by atomic mass is 9.92. The molecule has 2 heterocycles. The second kappa shape index (κ2) is 30.4. The van der Waals surface area contributed by atoms with Crippen molar-refractivity contribution in [1.29, 1.82) is 0 Å². The van der Waals surface area contributed by atoms with Gasteiger partial charge in [0.15, 0.2) is 0 Å². The third kappa shape index (κ3) is 19.7. The van der Waals surface area contributed by atoms with Crippen LogP contribution in [0.3, 0.4) is 0 Å². The summed E-state index contributed by atoms with van der Waals surface area (Å²) in [5.74, 6) is 1.39. The van der Waals surface area contributed by atoms with E-state index in [0.29, 0.717) is 133 Å². The maximum atomic E-state index is 12.5. The zero-order valence-electron chi connectivity index (χ0n) is 39.8. The summed E-state index contributed by atoms with van der Waals surface area (Å²) in [5.41, 5.74) is 10.6. The molecule has 0 saturated heterocycles. The second-order valence-corrected chi connectivity index (χ2v) is 17.0. The number of carboxylic acids is 1. The molecule has 15 nitrogen and oxygen atoms in total. The lowest BCUT2D eigenvalue weighted by Gasteiger charge is -2.20. The van der Waals surface area contributed by atoms with E-state index in [2.05, 4.69) is 59.0 Å². The van der Waals surface area contributed by atoms with Gasteiger partial charge in [0.2, 0.25) is 17.7 Å². The Hall–Kier alpha value is -6.03. The van der Waals surface area contributed by atoms with Gasteiger partial charge in [0.05, 0.1) is 57.9 Å². The molecule has 0 fully saturated rings. The molecule has 2 amide bonds. The molecule has 2 aromatic carbocycles. The predicted molar refractivity (Wildman–Crippen MR) is 264 cm³/mol. The Morgan fingerprint density at radius 3 is 2.04 bits per heavy atom. The van der Waals surface area contributed by atoms with Crippen LogP contribution in [-0.2, 0) is 35.0 Å². The van der Waals surface area contributed by atoms with Crippen molar-refractivity contribution in [1.82, 2.24) is 15.6 Å².